The molecular formula is C14H23N3O2S. The van der Waals surface area contributed by atoms with Gasteiger partial charge in [0, 0.05) is 18.3 Å². The van der Waals surface area contributed by atoms with Crippen molar-refractivity contribution in [1.82, 2.24) is 9.62 Å². The Labute approximate surface area is 121 Å². The van der Waals surface area contributed by atoms with Crippen molar-refractivity contribution in [3.63, 3.8) is 0 Å². The van der Waals surface area contributed by atoms with E-state index in [1.807, 2.05) is 7.05 Å². The average molecular weight is 297 g/mol. The number of sulfonamides is 1. The Morgan fingerprint density at radius 2 is 2.15 bits per heavy atom. The van der Waals surface area contributed by atoms with E-state index in [9.17, 15) is 8.42 Å². The quantitative estimate of drug-likeness (QED) is 0.822. The Morgan fingerprint density at radius 1 is 1.40 bits per heavy atom. The molecule has 1 atom stereocenters. The molecule has 0 amide bonds. The van der Waals surface area contributed by atoms with Gasteiger partial charge in [-0.15, -0.1) is 0 Å². The van der Waals surface area contributed by atoms with Crippen LogP contribution in [0.25, 0.3) is 0 Å². The number of likely N-dealkylation sites (tertiary alicyclic amines) is 1. The highest BCUT2D eigenvalue weighted by Crippen LogP contribution is 2.19. The normalized spacial score (nSPS) is 21.0. The molecule has 20 heavy (non-hydrogen) atoms. The molecule has 1 aromatic carbocycles. The second-order valence-corrected chi connectivity index (χ2v) is 7.24. The Bertz CT molecular complexity index is 572. The number of rotatable bonds is 4. The minimum Gasteiger partial charge on any atom is -0.399 e. The summed E-state index contributed by atoms with van der Waals surface area (Å²) >= 11 is 0. The molecular weight excluding hydrogens is 274 g/mol. The molecule has 0 bridgehead atoms. The van der Waals surface area contributed by atoms with Crippen LogP contribution in [0.1, 0.15) is 24.8 Å². The highest BCUT2D eigenvalue weighted by atomic mass is 32.2. The van der Waals surface area contributed by atoms with Crippen LogP contribution in [0.5, 0.6) is 0 Å². The van der Waals surface area contributed by atoms with Crippen LogP contribution in [0.4, 0.5) is 5.69 Å². The Morgan fingerprint density at radius 3 is 2.85 bits per heavy atom. The van der Waals surface area contributed by atoms with Gasteiger partial charge < -0.3 is 10.6 Å². The number of piperidine rings is 1. The first kappa shape index (κ1) is 15.3. The molecule has 0 radical (unpaired) electrons. The van der Waals surface area contributed by atoms with Crippen LogP contribution in [-0.2, 0) is 10.0 Å². The number of anilines is 1. The Kier molecular flexibility index (Phi) is 4.67. The maximum Gasteiger partial charge on any atom is 0.240 e. The third-order valence-corrected chi connectivity index (χ3v) is 5.50. The molecule has 3 N–H and O–H groups in total. The number of hydrogen-bond donors (Lipinski definition) is 2. The Balaban J connectivity index is 2.09. The van der Waals surface area contributed by atoms with Crippen molar-refractivity contribution in [2.24, 2.45) is 0 Å². The molecule has 0 spiro atoms. The third-order valence-electron chi connectivity index (χ3n) is 3.93. The second-order valence-electron chi connectivity index (χ2n) is 5.51. The smallest absolute Gasteiger partial charge is 0.240 e. The molecule has 1 aliphatic heterocycles. The molecule has 2 rings (SSSR count). The lowest BCUT2D eigenvalue weighted by molar-refractivity contribution is 0.187. The summed E-state index contributed by atoms with van der Waals surface area (Å²) in [4.78, 5) is 2.49. The molecule has 0 aromatic heterocycles. The summed E-state index contributed by atoms with van der Waals surface area (Å²) in [6.45, 7) is 3.26. The number of benzene rings is 1. The van der Waals surface area contributed by atoms with Gasteiger partial charge in [-0.25, -0.2) is 13.1 Å². The summed E-state index contributed by atoms with van der Waals surface area (Å²) in [7, 11) is -1.45. The van der Waals surface area contributed by atoms with Crippen molar-refractivity contribution >= 4 is 15.7 Å². The first-order valence-corrected chi connectivity index (χ1v) is 8.44. The highest BCUT2D eigenvalue weighted by Gasteiger charge is 2.23. The van der Waals surface area contributed by atoms with Crippen LogP contribution in [0.2, 0.25) is 0 Å². The van der Waals surface area contributed by atoms with Crippen LogP contribution < -0.4 is 10.5 Å². The number of nitrogens with one attached hydrogen (secondary N) is 1. The summed E-state index contributed by atoms with van der Waals surface area (Å²) in [6, 6.07) is 5.24. The minimum absolute atomic E-state index is 0.274. The SMILES string of the molecule is Cc1ccc(N)cc1S(=O)(=O)NCC1CCCCN1C. The van der Waals surface area contributed by atoms with Crippen LogP contribution in [0, 0.1) is 6.92 Å². The number of aryl methyl sites for hydroxylation is 1. The van der Waals surface area contributed by atoms with Gasteiger partial charge in [-0.2, -0.15) is 0 Å². The van der Waals surface area contributed by atoms with Crippen molar-refractivity contribution in [1.29, 1.82) is 0 Å². The molecule has 112 valence electrons. The molecule has 1 unspecified atom stereocenters. The lowest BCUT2D eigenvalue weighted by Gasteiger charge is -2.32. The van der Waals surface area contributed by atoms with Crippen LogP contribution in [-0.4, -0.2) is 39.5 Å². The monoisotopic (exact) mass is 297 g/mol. The van der Waals surface area contributed by atoms with Crippen molar-refractivity contribution in [2.75, 3.05) is 25.9 Å². The van der Waals surface area contributed by atoms with Crippen LogP contribution in [0.3, 0.4) is 0 Å². The highest BCUT2D eigenvalue weighted by molar-refractivity contribution is 7.89. The second kappa shape index (κ2) is 6.11. The number of nitrogens with two attached hydrogens (primary N) is 1. The van der Waals surface area contributed by atoms with E-state index in [4.69, 9.17) is 5.73 Å². The molecule has 5 nitrogen and oxygen atoms in total. The van der Waals surface area contributed by atoms with Gasteiger partial charge in [0.05, 0.1) is 4.90 Å². The lowest BCUT2D eigenvalue weighted by Crippen LogP contribution is -2.44. The summed E-state index contributed by atoms with van der Waals surface area (Å²) in [5.41, 5.74) is 6.86. The fourth-order valence-electron chi connectivity index (χ4n) is 2.59. The van der Waals surface area contributed by atoms with E-state index in [2.05, 4.69) is 9.62 Å². The zero-order chi connectivity index (χ0) is 14.8. The standard InChI is InChI=1S/C14H23N3O2S/c1-11-6-7-12(15)9-14(11)20(18,19)16-10-13-5-3-4-8-17(13)2/h6-7,9,13,16H,3-5,8,10,15H2,1-2H3. The predicted octanol–water partition coefficient (Wildman–Crippen LogP) is 1.34. The van der Waals surface area contributed by atoms with Crippen molar-refractivity contribution in [3.05, 3.63) is 23.8 Å². The maximum atomic E-state index is 12.4. The van der Waals surface area contributed by atoms with Crippen LogP contribution in [0.15, 0.2) is 23.1 Å². The van der Waals surface area contributed by atoms with Gasteiger partial charge >= 0.3 is 0 Å². The minimum atomic E-state index is -3.49. The summed E-state index contributed by atoms with van der Waals surface area (Å²) in [5.74, 6) is 0. The first-order valence-electron chi connectivity index (χ1n) is 6.96. The van der Waals surface area contributed by atoms with Gasteiger partial charge in [-0.05, 0) is 51.1 Å². The van der Waals surface area contributed by atoms with Crippen molar-refractivity contribution in [3.8, 4) is 0 Å². The fourth-order valence-corrected chi connectivity index (χ4v) is 3.94. The zero-order valence-corrected chi connectivity index (χ0v) is 12.9. The van der Waals surface area contributed by atoms with E-state index in [0.717, 1.165) is 19.4 Å². The van der Waals surface area contributed by atoms with Gasteiger partial charge in [0.1, 0.15) is 0 Å². The molecule has 1 fully saturated rings. The molecule has 0 saturated carbocycles. The molecule has 1 heterocycles. The number of hydrogen-bond acceptors (Lipinski definition) is 4. The lowest BCUT2D eigenvalue weighted by atomic mass is 10.0. The zero-order valence-electron chi connectivity index (χ0n) is 12.1. The third kappa shape index (κ3) is 3.50. The van der Waals surface area contributed by atoms with E-state index in [1.165, 1.54) is 12.5 Å². The van der Waals surface area contributed by atoms with Gasteiger partial charge in [-0.3, -0.25) is 0 Å². The topological polar surface area (TPSA) is 75.4 Å². The van der Waals surface area contributed by atoms with Crippen LogP contribution >= 0.6 is 0 Å². The van der Waals surface area contributed by atoms with Crippen molar-refractivity contribution in [2.45, 2.75) is 37.1 Å². The van der Waals surface area contributed by atoms with Gasteiger partial charge in [0.15, 0.2) is 0 Å². The van der Waals surface area contributed by atoms with E-state index < -0.39 is 10.0 Å². The largest absolute Gasteiger partial charge is 0.399 e. The Hall–Kier alpha value is -1.11. The average Bonchev–Trinajstić information content (AvgIpc) is 2.40. The van der Waals surface area contributed by atoms with E-state index in [1.54, 1.807) is 19.1 Å². The van der Waals surface area contributed by atoms with E-state index in [-0.39, 0.29) is 10.9 Å². The molecule has 1 aliphatic rings. The van der Waals surface area contributed by atoms with Gasteiger partial charge in [0.25, 0.3) is 0 Å². The number of nitrogen functional groups attached to an aromatic ring is 1. The maximum absolute atomic E-state index is 12.4. The molecule has 1 saturated heterocycles. The fraction of sp³-hybridized carbons (Fsp3) is 0.571. The van der Waals surface area contributed by atoms with Gasteiger partial charge in [0.2, 0.25) is 10.0 Å². The number of likely N-dealkylation sites (N-methyl/N-ethyl adjacent to an activating group) is 1. The molecule has 1 aromatic rings. The predicted molar refractivity (Wildman–Crippen MR) is 81.0 cm³/mol. The number of nitrogens with zero attached hydrogens (tertiary/aromatic N) is 1. The summed E-state index contributed by atoms with van der Waals surface area (Å²) in [5, 5.41) is 0. The van der Waals surface area contributed by atoms with E-state index >= 15 is 0 Å². The van der Waals surface area contributed by atoms with Crippen molar-refractivity contribution < 1.29 is 8.42 Å². The first-order chi connectivity index (χ1) is 9.40. The van der Waals surface area contributed by atoms with E-state index in [0.29, 0.717) is 17.8 Å². The summed E-state index contributed by atoms with van der Waals surface area (Å²) < 4.78 is 27.5. The summed E-state index contributed by atoms with van der Waals surface area (Å²) in [6.07, 6.45) is 3.39. The van der Waals surface area contributed by atoms with Gasteiger partial charge in [-0.1, -0.05) is 12.5 Å². The molecule has 6 heteroatoms. The molecule has 0 aliphatic carbocycles.